The van der Waals surface area contributed by atoms with Crippen molar-refractivity contribution in [2.75, 3.05) is 5.32 Å². The molecule has 3 rings (SSSR count). The van der Waals surface area contributed by atoms with Crippen LogP contribution in [0.1, 0.15) is 83.8 Å². The Hall–Kier alpha value is -5.43. The lowest BCUT2D eigenvalue weighted by molar-refractivity contribution is -0.158. The van der Waals surface area contributed by atoms with Crippen LogP contribution in [0.2, 0.25) is 5.02 Å². The first-order valence-corrected chi connectivity index (χ1v) is 17.2. The molecule has 0 aliphatic carbocycles. The third-order valence-electron chi connectivity index (χ3n) is 6.47. The lowest BCUT2D eigenvalue weighted by atomic mass is 10.0. The van der Waals surface area contributed by atoms with Gasteiger partial charge < -0.3 is 29.6 Å². The second-order valence-electron chi connectivity index (χ2n) is 14.9. The van der Waals surface area contributed by atoms with Crippen LogP contribution in [-0.2, 0) is 36.6 Å². The highest BCUT2D eigenvalue weighted by Gasteiger charge is 2.27. The summed E-state index contributed by atoms with van der Waals surface area (Å²) in [6, 6.07) is 18.8. The fourth-order valence-corrected chi connectivity index (χ4v) is 4.67. The summed E-state index contributed by atoms with van der Waals surface area (Å²) in [6.45, 7) is 15.3. The van der Waals surface area contributed by atoms with Gasteiger partial charge in [-0.05, 0) is 110 Å². The smallest absolute Gasteiger partial charge is 0.437 e. The minimum Gasteiger partial charge on any atom is -0.458 e. The number of alkyl carbamates (subject to hydrolysis) is 1. The molecule has 0 heterocycles. The number of carbonyl (C=O) groups excluding carboxylic acids is 5. The van der Waals surface area contributed by atoms with E-state index < -0.39 is 52.9 Å². The van der Waals surface area contributed by atoms with E-state index in [1.807, 2.05) is 30.3 Å². The number of halogens is 1. The van der Waals surface area contributed by atoms with Gasteiger partial charge in [-0.15, -0.1) is 4.99 Å². The van der Waals surface area contributed by atoms with E-state index in [4.69, 9.17) is 30.5 Å². The van der Waals surface area contributed by atoms with Crippen LogP contribution < -0.4 is 20.7 Å². The Bertz CT molecular complexity index is 1810. The Morgan fingerprint density at radius 1 is 0.736 bits per heavy atom. The van der Waals surface area contributed by atoms with Crippen molar-refractivity contribution < 1.29 is 42.9 Å². The SMILES string of the molecule is CC(C)(C)OC(=O)/N=C(/NC(=O)OC(C)(C)C)Nc1ccc(C(=O)Oc2ccc(CC(=O)N[C@@H](Cc3ccccc3)C(=O)OC(C)(C)C)cc2Cl)cc1. The van der Waals surface area contributed by atoms with E-state index >= 15 is 0 Å². The van der Waals surface area contributed by atoms with E-state index in [2.05, 4.69) is 20.9 Å². The van der Waals surface area contributed by atoms with Crippen molar-refractivity contribution in [2.24, 2.45) is 4.99 Å². The third-order valence-corrected chi connectivity index (χ3v) is 6.77. The minimum absolute atomic E-state index is 0.0621. The van der Waals surface area contributed by atoms with Gasteiger partial charge in [0, 0.05) is 12.1 Å². The Morgan fingerprint density at radius 3 is 1.91 bits per heavy atom. The first-order chi connectivity index (χ1) is 24.5. The molecule has 1 atom stereocenters. The first-order valence-electron chi connectivity index (χ1n) is 16.8. The van der Waals surface area contributed by atoms with Crippen molar-refractivity contribution in [2.45, 2.75) is 98.0 Å². The van der Waals surface area contributed by atoms with Crippen molar-refractivity contribution in [3.63, 3.8) is 0 Å². The summed E-state index contributed by atoms with van der Waals surface area (Å²) in [4.78, 5) is 67.5. The summed E-state index contributed by atoms with van der Waals surface area (Å²) in [5, 5.41) is 8.05. The van der Waals surface area contributed by atoms with Crippen molar-refractivity contribution >= 4 is 53.3 Å². The summed E-state index contributed by atoms with van der Waals surface area (Å²) in [6.07, 6.45) is -1.66. The minimum atomic E-state index is -0.951. The van der Waals surface area contributed by atoms with Gasteiger partial charge in [0.05, 0.1) is 17.0 Å². The number of amides is 3. The molecule has 14 heteroatoms. The molecule has 0 unspecified atom stereocenters. The summed E-state index contributed by atoms with van der Waals surface area (Å²) in [5.41, 5.74) is -0.474. The number of hydrogen-bond donors (Lipinski definition) is 3. The molecule has 0 saturated carbocycles. The summed E-state index contributed by atoms with van der Waals surface area (Å²) >= 11 is 6.44. The topological polar surface area (TPSA) is 171 Å². The highest BCUT2D eigenvalue weighted by molar-refractivity contribution is 6.32. The average Bonchev–Trinajstić information content (AvgIpc) is 3.00. The van der Waals surface area contributed by atoms with Crippen LogP contribution in [0.25, 0.3) is 0 Å². The molecule has 284 valence electrons. The molecule has 0 aromatic heterocycles. The zero-order chi connectivity index (χ0) is 39.6. The van der Waals surface area contributed by atoms with Crippen molar-refractivity contribution in [3.8, 4) is 5.75 Å². The summed E-state index contributed by atoms with van der Waals surface area (Å²) in [5.74, 6) is -1.90. The molecule has 0 saturated heterocycles. The molecule has 53 heavy (non-hydrogen) atoms. The number of aliphatic imine (C=N–C) groups is 1. The molecule has 3 aromatic rings. The van der Waals surface area contributed by atoms with Gasteiger partial charge in [-0.1, -0.05) is 48.0 Å². The Morgan fingerprint density at radius 2 is 1.34 bits per heavy atom. The molecule has 0 bridgehead atoms. The van der Waals surface area contributed by atoms with Crippen LogP contribution in [-0.4, -0.2) is 58.8 Å². The van der Waals surface area contributed by atoms with Gasteiger partial charge >= 0.3 is 24.1 Å². The second-order valence-corrected chi connectivity index (χ2v) is 15.4. The van der Waals surface area contributed by atoms with Crippen LogP contribution >= 0.6 is 11.6 Å². The van der Waals surface area contributed by atoms with Gasteiger partial charge in [0.2, 0.25) is 11.9 Å². The molecule has 3 N–H and O–H groups in total. The van der Waals surface area contributed by atoms with Crippen LogP contribution in [0.15, 0.2) is 77.8 Å². The summed E-state index contributed by atoms with van der Waals surface area (Å²) < 4.78 is 21.5. The predicted molar refractivity (Wildman–Crippen MR) is 201 cm³/mol. The van der Waals surface area contributed by atoms with Gasteiger partial charge in [-0.25, -0.2) is 19.2 Å². The number of hydrogen-bond acceptors (Lipinski definition) is 9. The van der Waals surface area contributed by atoms with E-state index in [-0.39, 0.29) is 35.1 Å². The number of rotatable bonds is 9. The quantitative estimate of drug-likeness (QED) is 0.0658. The Balaban J connectivity index is 1.66. The third kappa shape index (κ3) is 15.8. The molecule has 3 amide bonds. The molecule has 0 radical (unpaired) electrons. The lowest BCUT2D eigenvalue weighted by Crippen LogP contribution is -2.46. The molecular weight excluding hydrogens is 704 g/mol. The van der Waals surface area contributed by atoms with Crippen molar-refractivity contribution in [3.05, 3.63) is 94.5 Å². The molecule has 0 aliphatic rings. The Kier molecular flexibility index (Phi) is 14.2. The van der Waals surface area contributed by atoms with Crippen LogP contribution in [0.5, 0.6) is 5.75 Å². The number of nitrogens with one attached hydrogen (secondary N) is 3. The van der Waals surface area contributed by atoms with Crippen LogP contribution in [0.3, 0.4) is 0 Å². The number of nitrogens with zero attached hydrogens (tertiary/aromatic N) is 1. The monoisotopic (exact) mass is 750 g/mol. The van der Waals surface area contributed by atoms with Gasteiger partial charge in [0.15, 0.2) is 0 Å². The number of benzene rings is 3. The number of guanidine groups is 1. The fourth-order valence-electron chi connectivity index (χ4n) is 4.43. The maximum atomic E-state index is 13.0. The van der Waals surface area contributed by atoms with Crippen LogP contribution in [0, 0.1) is 0 Å². The van der Waals surface area contributed by atoms with Crippen molar-refractivity contribution in [1.82, 2.24) is 10.6 Å². The first kappa shape index (κ1) is 42.0. The second kappa shape index (κ2) is 17.9. The Labute approximate surface area is 314 Å². The molecule has 13 nitrogen and oxygen atoms in total. The van der Waals surface area contributed by atoms with Crippen molar-refractivity contribution in [1.29, 1.82) is 0 Å². The average molecular weight is 751 g/mol. The largest absolute Gasteiger partial charge is 0.458 e. The predicted octanol–water partition coefficient (Wildman–Crippen LogP) is 7.40. The van der Waals surface area contributed by atoms with Gasteiger partial charge in [-0.2, -0.15) is 0 Å². The van der Waals surface area contributed by atoms with E-state index in [0.29, 0.717) is 11.3 Å². The van der Waals surface area contributed by atoms with Gasteiger partial charge in [0.1, 0.15) is 28.6 Å². The number of esters is 2. The number of ether oxygens (including phenoxy) is 4. The van der Waals surface area contributed by atoms with E-state index in [1.165, 1.54) is 36.4 Å². The molecular formula is C39H47ClN4O9. The van der Waals surface area contributed by atoms with Crippen LogP contribution in [0.4, 0.5) is 15.3 Å². The number of carbonyl (C=O) groups is 5. The standard InChI is InChI=1S/C39H47ClN4O9/c1-37(2,3)51-33(47)29(22-24-13-11-10-12-14-24)42-31(45)23-25-15-20-30(28(40)21-25)50-32(46)26-16-18-27(19-17-26)41-34(43-35(48)52-38(4,5)6)44-36(49)53-39(7,8)9/h10-21,29H,22-23H2,1-9H3,(H,42,45)(H2,41,43,44,48,49)/t29-/m0/s1. The zero-order valence-electron chi connectivity index (χ0n) is 31.4. The van der Waals surface area contributed by atoms with Gasteiger partial charge in [0.25, 0.3) is 0 Å². The zero-order valence-corrected chi connectivity index (χ0v) is 32.2. The fraction of sp³-hybridized carbons (Fsp3) is 0.385. The normalized spacial score (nSPS) is 12.5. The lowest BCUT2D eigenvalue weighted by Gasteiger charge is -2.24. The molecule has 3 aromatic carbocycles. The molecule has 0 spiro atoms. The summed E-state index contributed by atoms with van der Waals surface area (Å²) in [7, 11) is 0. The molecule has 0 aliphatic heterocycles. The van der Waals surface area contributed by atoms with Gasteiger partial charge in [-0.3, -0.25) is 10.1 Å². The maximum absolute atomic E-state index is 13.0. The van der Waals surface area contributed by atoms with E-state index in [9.17, 15) is 24.0 Å². The highest BCUT2D eigenvalue weighted by atomic mass is 35.5. The molecule has 0 fully saturated rings. The highest BCUT2D eigenvalue weighted by Crippen LogP contribution is 2.27. The number of anilines is 1. The van der Waals surface area contributed by atoms with E-state index in [0.717, 1.165) is 5.56 Å². The maximum Gasteiger partial charge on any atom is 0.437 e. The van der Waals surface area contributed by atoms with E-state index in [1.54, 1.807) is 68.4 Å².